The molecular formula is C32H52O5. The summed E-state index contributed by atoms with van der Waals surface area (Å²) in [5.41, 5.74) is -0.00336. The van der Waals surface area contributed by atoms with Crippen molar-refractivity contribution in [1.82, 2.24) is 0 Å². The molecule has 0 radical (unpaired) electrons. The van der Waals surface area contributed by atoms with Gasteiger partial charge in [0.1, 0.15) is 23.9 Å². The smallest absolute Gasteiger partial charge is 0.302 e. The van der Waals surface area contributed by atoms with E-state index in [9.17, 15) is 10.1 Å². The highest BCUT2D eigenvalue weighted by atomic mass is 17.1. The predicted octanol–water partition coefficient (Wildman–Crippen LogP) is 7.27. The Labute approximate surface area is 224 Å². The molecule has 0 unspecified atom stereocenters. The van der Waals surface area contributed by atoms with Gasteiger partial charge in [-0.05, 0) is 91.3 Å². The first-order valence-electron chi connectivity index (χ1n) is 15.3. The second-order valence-corrected chi connectivity index (χ2v) is 16.2. The van der Waals surface area contributed by atoms with Crippen LogP contribution in [0.15, 0.2) is 0 Å². The van der Waals surface area contributed by atoms with E-state index in [1.54, 1.807) is 0 Å². The number of epoxide rings is 1. The molecule has 5 nitrogen and oxygen atoms in total. The molecule has 0 aromatic heterocycles. The molecule has 0 bridgehead atoms. The van der Waals surface area contributed by atoms with Gasteiger partial charge in [-0.2, -0.15) is 0 Å². The van der Waals surface area contributed by atoms with E-state index >= 15 is 0 Å². The Hall–Kier alpha value is -0.650. The molecule has 5 saturated carbocycles. The molecule has 1 saturated heterocycles. The average molecular weight is 517 g/mol. The van der Waals surface area contributed by atoms with E-state index in [0.29, 0.717) is 29.1 Å². The Bertz CT molecular complexity index is 978. The first-order chi connectivity index (χ1) is 17.1. The van der Waals surface area contributed by atoms with E-state index in [-0.39, 0.29) is 57.5 Å². The lowest BCUT2D eigenvalue weighted by Gasteiger charge is -2.73. The fraction of sp³-hybridized carbons (Fsp3) is 0.969. The Kier molecular flexibility index (Phi) is 5.57. The Morgan fingerprint density at radius 1 is 0.892 bits per heavy atom. The molecule has 1 aliphatic heterocycles. The molecule has 6 fully saturated rings. The maximum absolute atomic E-state index is 12.0. The van der Waals surface area contributed by atoms with Crippen molar-refractivity contribution in [3.63, 3.8) is 0 Å². The molecule has 0 amide bonds. The van der Waals surface area contributed by atoms with Crippen LogP contribution in [0.5, 0.6) is 0 Å². The third-order valence-electron chi connectivity index (χ3n) is 14.7. The molecule has 0 aromatic carbocycles. The summed E-state index contributed by atoms with van der Waals surface area (Å²) in [6, 6.07) is 0. The summed E-state index contributed by atoms with van der Waals surface area (Å²) in [6.07, 6.45) is 8.75. The van der Waals surface area contributed by atoms with Gasteiger partial charge in [0.15, 0.2) is 0 Å². The predicted molar refractivity (Wildman–Crippen MR) is 143 cm³/mol. The van der Waals surface area contributed by atoms with Crippen molar-refractivity contribution in [3.8, 4) is 0 Å². The van der Waals surface area contributed by atoms with E-state index in [0.717, 1.165) is 25.7 Å². The van der Waals surface area contributed by atoms with Crippen LogP contribution in [0.2, 0.25) is 0 Å². The lowest BCUT2D eigenvalue weighted by Crippen LogP contribution is -2.74. The van der Waals surface area contributed by atoms with Gasteiger partial charge < -0.3 is 9.47 Å². The van der Waals surface area contributed by atoms with Crippen LogP contribution in [0.25, 0.3) is 0 Å². The van der Waals surface area contributed by atoms with Gasteiger partial charge in [-0.1, -0.05) is 55.4 Å². The molecule has 6 aliphatic rings. The van der Waals surface area contributed by atoms with Gasteiger partial charge in [0, 0.05) is 23.7 Å². The number of ether oxygens (including phenoxy) is 2. The van der Waals surface area contributed by atoms with Gasteiger partial charge in [-0.25, -0.2) is 4.89 Å². The van der Waals surface area contributed by atoms with Crippen molar-refractivity contribution in [1.29, 1.82) is 0 Å². The summed E-state index contributed by atoms with van der Waals surface area (Å²) in [4.78, 5) is 17.6. The van der Waals surface area contributed by atoms with Crippen LogP contribution in [0, 0.1) is 56.7 Å². The van der Waals surface area contributed by atoms with Crippen LogP contribution < -0.4 is 0 Å². The van der Waals surface area contributed by atoms with Crippen LogP contribution in [-0.4, -0.2) is 35.1 Å². The zero-order chi connectivity index (χ0) is 27.0. The summed E-state index contributed by atoms with van der Waals surface area (Å²) in [7, 11) is 0. The van der Waals surface area contributed by atoms with E-state index in [4.69, 9.17) is 14.4 Å². The van der Waals surface area contributed by atoms with E-state index < -0.39 is 0 Å². The van der Waals surface area contributed by atoms with Crippen LogP contribution in [0.3, 0.4) is 0 Å². The minimum atomic E-state index is -0.307. The largest absolute Gasteiger partial charge is 0.462 e. The Morgan fingerprint density at radius 2 is 1.59 bits per heavy atom. The Balaban J connectivity index is 1.45. The van der Waals surface area contributed by atoms with Crippen molar-refractivity contribution in [2.24, 2.45) is 56.7 Å². The molecule has 37 heavy (non-hydrogen) atoms. The topological polar surface area (TPSA) is 68.3 Å². The lowest BCUT2D eigenvalue weighted by atomic mass is 9.30. The number of fused-ring (bicyclic) bond motifs is 5. The quantitative estimate of drug-likeness (QED) is 0.181. The van der Waals surface area contributed by atoms with Crippen molar-refractivity contribution in [2.45, 2.75) is 138 Å². The third-order valence-corrected chi connectivity index (χ3v) is 14.7. The van der Waals surface area contributed by atoms with Crippen molar-refractivity contribution in [3.05, 3.63) is 0 Å². The molecule has 0 aromatic rings. The van der Waals surface area contributed by atoms with Gasteiger partial charge in [0.25, 0.3) is 0 Å². The Morgan fingerprint density at radius 3 is 2.24 bits per heavy atom. The molecular weight excluding hydrogens is 464 g/mol. The first-order valence-corrected chi connectivity index (χ1v) is 15.3. The minimum absolute atomic E-state index is 0.00469. The number of carbonyl (C=O) groups excluding carboxylic acids is 1. The lowest BCUT2D eigenvalue weighted by molar-refractivity contribution is -0.349. The van der Waals surface area contributed by atoms with Crippen molar-refractivity contribution < 1.29 is 24.4 Å². The molecule has 5 aliphatic carbocycles. The summed E-state index contributed by atoms with van der Waals surface area (Å²) >= 11 is 0. The standard InChI is InChI=1S/C32H52O5/c1-18-10-13-28(6)16-17-31(9)30(8)15-11-21-27(4,5)22(35-20(3)33)12-14-29(21,7)25(30)23(37-34)26-32(31,36-26)24(28)19(18)2/h18-19,21-26,34H,10-17H2,1-9H3/t18-,19+,21-,22+,23+,24+,25-,26-,28-,29+,30-,31+,32-/m1/s1. The number of hydrogen-bond acceptors (Lipinski definition) is 5. The highest BCUT2D eigenvalue weighted by Gasteiger charge is 2.87. The molecule has 1 N–H and O–H groups in total. The van der Waals surface area contributed by atoms with Crippen LogP contribution in [0.1, 0.15) is 114 Å². The number of esters is 1. The van der Waals surface area contributed by atoms with Crippen LogP contribution >= 0.6 is 0 Å². The number of carbonyl (C=O) groups is 1. The zero-order valence-corrected chi connectivity index (χ0v) is 24.9. The molecule has 5 heteroatoms. The maximum Gasteiger partial charge on any atom is 0.302 e. The van der Waals surface area contributed by atoms with E-state index in [1.807, 2.05) is 0 Å². The summed E-state index contributed by atoms with van der Waals surface area (Å²) in [5.74, 6) is 2.22. The summed E-state index contributed by atoms with van der Waals surface area (Å²) < 4.78 is 13.0. The second-order valence-electron chi connectivity index (χ2n) is 16.2. The first kappa shape index (κ1) is 26.6. The number of rotatable bonds is 2. The minimum Gasteiger partial charge on any atom is -0.462 e. The maximum atomic E-state index is 12.0. The van der Waals surface area contributed by atoms with Gasteiger partial charge >= 0.3 is 5.97 Å². The number of hydrogen-bond donors (Lipinski definition) is 1. The van der Waals surface area contributed by atoms with Gasteiger partial charge in [-0.3, -0.25) is 10.1 Å². The average Bonchev–Trinajstić information content (AvgIpc) is 3.54. The SMILES string of the molecule is CC(=O)O[C@H]1CC[C@@]2(C)[C@H](CC[C@]3(C)[C@@H]2[C@H](OO)[C@H]2O[C@]24[C@H]2[C@@H](C)[C@H](C)CC[C@]2(C)CC[C@]43C)C1(C)C. The monoisotopic (exact) mass is 516 g/mol. The zero-order valence-electron chi connectivity index (χ0n) is 24.9. The molecule has 13 atom stereocenters. The van der Waals surface area contributed by atoms with Crippen molar-refractivity contribution >= 4 is 5.97 Å². The molecule has 1 heterocycles. The van der Waals surface area contributed by atoms with Gasteiger partial charge in [-0.15, -0.1) is 0 Å². The second kappa shape index (κ2) is 7.75. The van der Waals surface area contributed by atoms with E-state index in [2.05, 4.69) is 55.4 Å². The molecule has 6 rings (SSSR count). The van der Waals surface area contributed by atoms with Crippen molar-refractivity contribution in [2.75, 3.05) is 0 Å². The molecule has 210 valence electrons. The fourth-order valence-corrected chi connectivity index (χ4v) is 12.6. The fourth-order valence-electron chi connectivity index (χ4n) is 12.6. The van der Waals surface area contributed by atoms with E-state index in [1.165, 1.54) is 32.6 Å². The molecule has 1 spiro atoms. The summed E-state index contributed by atoms with van der Waals surface area (Å²) in [6.45, 7) is 21.2. The highest BCUT2D eigenvalue weighted by Crippen LogP contribution is 2.83. The normalized spacial score (nSPS) is 59.6. The van der Waals surface area contributed by atoms with Gasteiger partial charge in [0.05, 0.1) is 0 Å². The summed E-state index contributed by atoms with van der Waals surface area (Å²) in [5, 5.41) is 10.6. The van der Waals surface area contributed by atoms with Gasteiger partial charge in [0.2, 0.25) is 0 Å². The van der Waals surface area contributed by atoms with Crippen LogP contribution in [0.4, 0.5) is 0 Å². The highest BCUT2D eigenvalue weighted by molar-refractivity contribution is 5.66. The third kappa shape index (κ3) is 2.95. The van der Waals surface area contributed by atoms with Crippen LogP contribution in [-0.2, 0) is 19.2 Å².